The third-order valence-corrected chi connectivity index (χ3v) is 5.14. The summed E-state index contributed by atoms with van der Waals surface area (Å²) in [5.74, 6) is 0. The molecule has 3 rings (SSSR count). The van der Waals surface area contributed by atoms with Crippen LogP contribution in [0, 0.1) is 0 Å². The first-order valence-electron chi connectivity index (χ1n) is 6.78. The number of likely N-dealkylation sites (N-methyl/N-ethyl adjacent to an activating group) is 1. The lowest BCUT2D eigenvalue weighted by molar-refractivity contribution is 0.534. The highest BCUT2D eigenvalue weighted by Gasteiger charge is 2.26. The van der Waals surface area contributed by atoms with E-state index in [1.165, 1.54) is 6.20 Å². The quantitative estimate of drug-likeness (QED) is 0.931. The second-order valence-electron chi connectivity index (χ2n) is 5.22. The van der Waals surface area contributed by atoms with Gasteiger partial charge in [-0.2, -0.15) is 0 Å². The smallest absolute Gasteiger partial charge is 0.242 e. The molecule has 0 saturated carbocycles. The van der Waals surface area contributed by atoms with Crippen molar-refractivity contribution < 1.29 is 8.42 Å². The number of para-hydroxylation sites is 1. The molecular formula is C15H17N3O2S. The largest absolute Gasteiger partial charge is 0.373 e. The number of hydrogen-bond acceptors (Lipinski definition) is 4. The van der Waals surface area contributed by atoms with Crippen LogP contribution in [0.5, 0.6) is 0 Å². The fourth-order valence-electron chi connectivity index (χ4n) is 2.69. The van der Waals surface area contributed by atoms with Gasteiger partial charge in [0.25, 0.3) is 0 Å². The highest BCUT2D eigenvalue weighted by molar-refractivity contribution is 7.89. The Morgan fingerprint density at radius 2 is 2.05 bits per heavy atom. The highest BCUT2D eigenvalue weighted by atomic mass is 32.2. The van der Waals surface area contributed by atoms with Crippen LogP contribution in [0.2, 0.25) is 0 Å². The van der Waals surface area contributed by atoms with Gasteiger partial charge in [0.15, 0.2) is 0 Å². The minimum absolute atomic E-state index is 0.143. The maximum atomic E-state index is 12.3. The van der Waals surface area contributed by atoms with Gasteiger partial charge in [-0.3, -0.25) is 4.98 Å². The van der Waals surface area contributed by atoms with Gasteiger partial charge in [0.05, 0.1) is 0 Å². The topological polar surface area (TPSA) is 62.3 Å². The van der Waals surface area contributed by atoms with Crippen molar-refractivity contribution in [2.45, 2.75) is 17.4 Å². The molecule has 0 aliphatic carbocycles. The molecule has 0 spiro atoms. The summed E-state index contributed by atoms with van der Waals surface area (Å²) in [5, 5.41) is 0. The van der Waals surface area contributed by atoms with E-state index in [1.807, 2.05) is 25.2 Å². The molecule has 0 unspecified atom stereocenters. The van der Waals surface area contributed by atoms with Crippen LogP contribution in [0.15, 0.2) is 53.7 Å². The molecule has 110 valence electrons. The molecule has 0 radical (unpaired) electrons. The van der Waals surface area contributed by atoms with Crippen LogP contribution in [-0.4, -0.2) is 33.0 Å². The van der Waals surface area contributed by atoms with E-state index in [0.29, 0.717) is 13.0 Å². The average Bonchev–Trinajstić information content (AvgIpc) is 2.48. The number of sulfonamides is 1. The monoisotopic (exact) mass is 303 g/mol. The van der Waals surface area contributed by atoms with Crippen molar-refractivity contribution in [2.75, 3.05) is 18.5 Å². The lowest BCUT2D eigenvalue weighted by Crippen LogP contribution is -2.47. The Balaban J connectivity index is 1.81. The van der Waals surface area contributed by atoms with Crippen molar-refractivity contribution >= 4 is 15.7 Å². The van der Waals surface area contributed by atoms with Gasteiger partial charge in [-0.25, -0.2) is 13.1 Å². The maximum Gasteiger partial charge on any atom is 0.242 e. The average molecular weight is 303 g/mol. The van der Waals surface area contributed by atoms with Crippen molar-refractivity contribution in [3.63, 3.8) is 0 Å². The first kappa shape index (κ1) is 14.0. The number of hydrogen-bond donors (Lipinski definition) is 1. The summed E-state index contributed by atoms with van der Waals surface area (Å²) in [4.78, 5) is 6.14. The summed E-state index contributed by atoms with van der Waals surface area (Å²) >= 11 is 0. The first-order chi connectivity index (χ1) is 10.1. The number of pyridine rings is 1. The van der Waals surface area contributed by atoms with Crippen molar-refractivity contribution in [3.8, 4) is 0 Å². The minimum Gasteiger partial charge on any atom is -0.373 e. The third kappa shape index (κ3) is 2.91. The molecule has 6 heteroatoms. The molecule has 0 saturated heterocycles. The van der Waals surface area contributed by atoms with Crippen LogP contribution >= 0.6 is 0 Å². The number of fused-ring (bicyclic) bond motifs is 1. The SMILES string of the molecule is CN1C[C@@H](NS(=O)(=O)c2cccnc2)Cc2ccccc21. The summed E-state index contributed by atoms with van der Waals surface area (Å²) in [5.41, 5.74) is 2.32. The Hall–Kier alpha value is -1.92. The zero-order valence-electron chi connectivity index (χ0n) is 11.7. The Labute approximate surface area is 124 Å². The molecule has 0 amide bonds. The highest BCUT2D eigenvalue weighted by Crippen LogP contribution is 2.26. The van der Waals surface area contributed by atoms with Crippen LogP contribution in [0.3, 0.4) is 0 Å². The molecule has 1 aromatic heterocycles. The van der Waals surface area contributed by atoms with Crippen LogP contribution in [0.1, 0.15) is 5.56 Å². The van der Waals surface area contributed by atoms with Gasteiger partial charge < -0.3 is 4.90 Å². The second-order valence-corrected chi connectivity index (χ2v) is 6.93. The molecular weight excluding hydrogens is 286 g/mol. The Bertz CT molecular complexity index is 732. The maximum absolute atomic E-state index is 12.3. The molecule has 1 aliphatic rings. The molecule has 2 heterocycles. The van der Waals surface area contributed by atoms with Gasteiger partial charge in [-0.15, -0.1) is 0 Å². The predicted octanol–water partition coefficient (Wildman–Crippen LogP) is 1.42. The van der Waals surface area contributed by atoms with Gasteiger partial charge in [0, 0.05) is 37.7 Å². The summed E-state index contributed by atoms with van der Waals surface area (Å²) in [6, 6.07) is 11.1. The fraction of sp³-hybridized carbons (Fsp3) is 0.267. The van der Waals surface area contributed by atoms with E-state index in [9.17, 15) is 8.42 Å². The second kappa shape index (κ2) is 5.46. The number of anilines is 1. The molecule has 1 atom stereocenters. The molecule has 0 bridgehead atoms. The van der Waals surface area contributed by atoms with Crippen molar-refractivity contribution in [2.24, 2.45) is 0 Å². The summed E-state index contributed by atoms with van der Waals surface area (Å²) in [7, 11) is -1.55. The van der Waals surface area contributed by atoms with E-state index < -0.39 is 10.0 Å². The normalized spacial score (nSPS) is 18.3. The van der Waals surface area contributed by atoms with Gasteiger partial charge in [-0.1, -0.05) is 18.2 Å². The number of nitrogens with zero attached hydrogens (tertiary/aromatic N) is 2. The van der Waals surface area contributed by atoms with Crippen molar-refractivity contribution in [1.29, 1.82) is 0 Å². The number of benzene rings is 1. The van der Waals surface area contributed by atoms with Gasteiger partial charge in [0.2, 0.25) is 10.0 Å². The van der Waals surface area contributed by atoms with E-state index >= 15 is 0 Å². The number of nitrogens with one attached hydrogen (secondary N) is 1. The molecule has 21 heavy (non-hydrogen) atoms. The molecule has 1 aliphatic heterocycles. The van der Waals surface area contributed by atoms with E-state index in [1.54, 1.807) is 18.3 Å². The van der Waals surface area contributed by atoms with Crippen LogP contribution in [0.4, 0.5) is 5.69 Å². The Kier molecular flexibility index (Phi) is 3.65. The Morgan fingerprint density at radius 1 is 1.24 bits per heavy atom. The zero-order chi connectivity index (χ0) is 14.9. The number of aromatic nitrogens is 1. The lowest BCUT2D eigenvalue weighted by Gasteiger charge is -2.33. The standard InChI is InChI=1S/C15H17N3O2S/c1-18-11-13(9-12-5-2-3-7-15(12)18)17-21(19,20)14-6-4-8-16-10-14/h2-8,10,13,17H,9,11H2,1H3/t13-/m0/s1. The fourth-order valence-corrected chi connectivity index (χ4v) is 3.88. The summed E-state index contributed by atoms with van der Waals surface area (Å²) in [6.07, 6.45) is 3.62. The van der Waals surface area contributed by atoms with Crippen LogP contribution < -0.4 is 9.62 Å². The van der Waals surface area contributed by atoms with Gasteiger partial charge in [0.1, 0.15) is 4.90 Å². The minimum atomic E-state index is -3.53. The first-order valence-corrected chi connectivity index (χ1v) is 8.26. The van der Waals surface area contributed by atoms with Crippen molar-refractivity contribution in [1.82, 2.24) is 9.71 Å². The molecule has 1 N–H and O–H groups in total. The molecule has 0 fully saturated rings. The van der Waals surface area contributed by atoms with Crippen LogP contribution in [0.25, 0.3) is 0 Å². The van der Waals surface area contributed by atoms with E-state index in [-0.39, 0.29) is 10.9 Å². The van der Waals surface area contributed by atoms with Gasteiger partial charge in [-0.05, 0) is 30.2 Å². The third-order valence-electron chi connectivity index (χ3n) is 3.63. The van der Waals surface area contributed by atoms with Gasteiger partial charge >= 0.3 is 0 Å². The molecule has 2 aromatic rings. The zero-order valence-corrected chi connectivity index (χ0v) is 12.5. The lowest BCUT2D eigenvalue weighted by atomic mass is 9.99. The van der Waals surface area contributed by atoms with E-state index in [2.05, 4.69) is 20.7 Å². The molecule has 1 aromatic carbocycles. The Morgan fingerprint density at radius 3 is 2.81 bits per heavy atom. The van der Waals surface area contributed by atoms with Crippen LogP contribution in [-0.2, 0) is 16.4 Å². The van der Waals surface area contributed by atoms with E-state index in [4.69, 9.17) is 0 Å². The van der Waals surface area contributed by atoms with Crippen molar-refractivity contribution in [3.05, 3.63) is 54.4 Å². The summed E-state index contributed by atoms with van der Waals surface area (Å²) < 4.78 is 27.5. The summed E-state index contributed by atoms with van der Waals surface area (Å²) in [6.45, 7) is 0.649. The van der Waals surface area contributed by atoms with E-state index in [0.717, 1.165) is 11.3 Å². The molecule has 5 nitrogen and oxygen atoms in total. The number of rotatable bonds is 3. The predicted molar refractivity (Wildman–Crippen MR) is 81.8 cm³/mol.